The molecule has 98 valence electrons. The van der Waals surface area contributed by atoms with Gasteiger partial charge in [0.1, 0.15) is 10.8 Å². The first kappa shape index (κ1) is 14.0. The van der Waals surface area contributed by atoms with Crippen molar-refractivity contribution in [2.24, 2.45) is 5.73 Å². The van der Waals surface area contributed by atoms with Gasteiger partial charge in [0.05, 0.1) is 4.47 Å². The number of rotatable bonds is 3. The zero-order valence-corrected chi connectivity index (χ0v) is 13.1. The van der Waals surface area contributed by atoms with E-state index < -0.39 is 0 Å². The number of nitrogens with two attached hydrogens (primary N) is 1. The maximum absolute atomic E-state index is 5.66. The molecule has 2 N–H and O–H groups in total. The summed E-state index contributed by atoms with van der Waals surface area (Å²) in [6.45, 7) is 2.01. The fourth-order valence-electron chi connectivity index (χ4n) is 1.76. The molecule has 0 amide bonds. The normalized spacial score (nSPS) is 10.3. The van der Waals surface area contributed by atoms with Gasteiger partial charge in [-0.15, -0.1) is 0 Å². The SMILES string of the molecule is Cc1cnc(N(C)c2cccc(C(N)=S)c2)c(Br)c1. The van der Waals surface area contributed by atoms with Crippen molar-refractivity contribution in [3.05, 3.63) is 52.1 Å². The molecule has 1 aromatic heterocycles. The van der Waals surface area contributed by atoms with Gasteiger partial charge in [0.2, 0.25) is 0 Å². The van der Waals surface area contributed by atoms with Crippen LogP contribution < -0.4 is 10.6 Å². The second-order valence-corrected chi connectivity index (χ2v) is 5.59. The number of benzene rings is 1. The minimum atomic E-state index is 0.395. The Morgan fingerprint density at radius 2 is 2.11 bits per heavy atom. The highest BCUT2D eigenvalue weighted by atomic mass is 79.9. The van der Waals surface area contributed by atoms with E-state index in [-0.39, 0.29) is 0 Å². The van der Waals surface area contributed by atoms with Crippen LogP contribution in [0.25, 0.3) is 0 Å². The topological polar surface area (TPSA) is 42.2 Å². The van der Waals surface area contributed by atoms with Crippen LogP contribution >= 0.6 is 28.1 Å². The molecule has 0 aliphatic carbocycles. The fraction of sp³-hybridized carbons (Fsp3) is 0.143. The van der Waals surface area contributed by atoms with Gasteiger partial charge in [-0.25, -0.2) is 4.98 Å². The van der Waals surface area contributed by atoms with Crippen LogP contribution in [0, 0.1) is 6.92 Å². The minimum absolute atomic E-state index is 0.395. The van der Waals surface area contributed by atoms with Crippen LogP contribution in [0.4, 0.5) is 11.5 Å². The molecule has 0 saturated heterocycles. The summed E-state index contributed by atoms with van der Waals surface area (Å²) in [6.07, 6.45) is 1.84. The summed E-state index contributed by atoms with van der Waals surface area (Å²) in [4.78, 5) is 6.83. The third-order valence-electron chi connectivity index (χ3n) is 2.79. The first-order valence-corrected chi connectivity index (χ1v) is 6.95. The van der Waals surface area contributed by atoms with E-state index >= 15 is 0 Å². The van der Waals surface area contributed by atoms with Crippen molar-refractivity contribution in [3.63, 3.8) is 0 Å². The predicted molar refractivity (Wildman–Crippen MR) is 87.1 cm³/mol. The van der Waals surface area contributed by atoms with Crippen LogP contribution in [-0.2, 0) is 0 Å². The first-order chi connectivity index (χ1) is 8.99. The Hall–Kier alpha value is -1.46. The summed E-state index contributed by atoms with van der Waals surface area (Å²) in [5.74, 6) is 0.852. The van der Waals surface area contributed by atoms with E-state index in [1.165, 1.54) is 0 Å². The second-order valence-electron chi connectivity index (χ2n) is 4.29. The van der Waals surface area contributed by atoms with Crippen molar-refractivity contribution < 1.29 is 0 Å². The highest BCUT2D eigenvalue weighted by Gasteiger charge is 2.10. The molecular formula is C14H14BrN3S. The molecule has 2 aromatic rings. The Labute approximate surface area is 126 Å². The summed E-state index contributed by atoms with van der Waals surface area (Å²) in [5, 5.41) is 0. The summed E-state index contributed by atoms with van der Waals surface area (Å²) < 4.78 is 0.954. The van der Waals surface area contributed by atoms with E-state index in [0.29, 0.717) is 4.99 Å². The molecule has 5 heteroatoms. The molecule has 1 heterocycles. The Balaban J connectivity index is 2.41. The lowest BCUT2D eigenvalue weighted by atomic mass is 10.2. The summed E-state index contributed by atoms with van der Waals surface area (Å²) in [6, 6.07) is 9.82. The maximum Gasteiger partial charge on any atom is 0.147 e. The lowest BCUT2D eigenvalue weighted by Crippen LogP contribution is -2.14. The number of thiocarbonyl (C=S) groups is 1. The second kappa shape index (κ2) is 5.67. The van der Waals surface area contributed by atoms with E-state index in [4.69, 9.17) is 18.0 Å². The van der Waals surface area contributed by atoms with Crippen molar-refractivity contribution in [3.8, 4) is 0 Å². The van der Waals surface area contributed by atoms with Crippen LogP contribution in [-0.4, -0.2) is 17.0 Å². The van der Waals surface area contributed by atoms with Gasteiger partial charge >= 0.3 is 0 Å². The Morgan fingerprint density at radius 3 is 2.74 bits per heavy atom. The number of aromatic nitrogens is 1. The van der Waals surface area contributed by atoms with E-state index in [9.17, 15) is 0 Å². The molecule has 0 radical (unpaired) electrons. The Bertz CT molecular complexity index is 628. The number of pyridine rings is 1. The van der Waals surface area contributed by atoms with Crippen LogP contribution in [0.3, 0.4) is 0 Å². The van der Waals surface area contributed by atoms with Gasteiger partial charge in [-0.05, 0) is 46.6 Å². The summed E-state index contributed by atoms with van der Waals surface area (Å²) >= 11 is 8.54. The van der Waals surface area contributed by atoms with Crippen molar-refractivity contribution in [2.45, 2.75) is 6.92 Å². The number of hydrogen-bond donors (Lipinski definition) is 1. The zero-order chi connectivity index (χ0) is 14.0. The monoisotopic (exact) mass is 335 g/mol. The largest absolute Gasteiger partial charge is 0.389 e. The number of nitrogens with zero attached hydrogens (tertiary/aromatic N) is 2. The molecule has 2 rings (SSSR count). The van der Waals surface area contributed by atoms with Crippen molar-refractivity contribution in [1.29, 1.82) is 0 Å². The Morgan fingerprint density at radius 1 is 1.37 bits per heavy atom. The molecule has 0 aliphatic rings. The molecule has 1 aromatic carbocycles. The first-order valence-electron chi connectivity index (χ1n) is 5.75. The molecule has 0 spiro atoms. The highest BCUT2D eigenvalue weighted by Crippen LogP contribution is 2.29. The lowest BCUT2D eigenvalue weighted by Gasteiger charge is -2.20. The molecular weight excluding hydrogens is 322 g/mol. The quantitative estimate of drug-likeness (QED) is 0.871. The van der Waals surface area contributed by atoms with Crippen LogP contribution in [0.15, 0.2) is 41.0 Å². The number of halogens is 1. The Kier molecular flexibility index (Phi) is 4.17. The van der Waals surface area contributed by atoms with E-state index in [0.717, 1.165) is 27.1 Å². The molecule has 0 fully saturated rings. The number of hydrogen-bond acceptors (Lipinski definition) is 3. The van der Waals surface area contributed by atoms with E-state index in [2.05, 4.69) is 20.9 Å². The molecule has 0 saturated carbocycles. The standard InChI is InChI=1S/C14H14BrN3S/c1-9-6-12(15)14(17-8-9)18(2)11-5-3-4-10(7-11)13(16)19/h3-8H,1-2H3,(H2,16,19). The molecule has 0 bridgehead atoms. The van der Waals surface area contributed by atoms with Gasteiger partial charge in [-0.2, -0.15) is 0 Å². The third kappa shape index (κ3) is 3.11. The maximum atomic E-state index is 5.66. The molecule has 0 aliphatic heterocycles. The van der Waals surface area contributed by atoms with Crippen molar-refractivity contribution in [2.75, 3.05) is 11.9 Å². The number of anilines is 2. The molecule has 0 unspecified atom stereocenters. The number of aryl methyl sites for hydroxylation is 1. The molecule has 0 atom stereocenters. The van der Waals surface area contributed by atoms with Gasteiger partial charge in [-0.3, -0.25) is 0 Å². The van der Waals surface area contributed by atoms with Crippen molar-refractivity contribution >= 4 is 44.6 Å². The van der Waals surface area contributed by atoms with Gasteiger partial charge in [-0.1, -0.05) is 24.4 Å². The fourth-order valence-corrected chi connectivity index (χ4v) is 2.62. The van der Waals surface area contributed by atoms with Gasteiger partial charge in [0.15, 0.2) is 0 Å². The summed E-state index contributed by atoms with van der Waals surface area (Å²) in [5.41, 5.74) is 8.61. The average molecular weight is 336 g/mol. The third-order valence-corrected chi connectivity index (χ3v) is 3.61. The zero-order valence-electron chi connectivity index (χ0n) is 10.7. The highest BCUT2D eigenvalue weighted by molar-refractivity contribution is 9.10. The lowest BCUT2D eigenvalue weighted by molar-refractivity contribution is 1.10. The predicted octanol–water partition coefficient (Wildman–Crippen LogP) is 3.55. The van der Waals surface area contributed by atoms with Crippen LogP contribution in [0.1, 0.15) is 11.1 Å². The van der Waals surface area contributed by atoms with Crippen molar-refractivity contribution in [1.82, 2.24) is 4.98 Å². The van der Waals surface area contributed by atoms with Crippen LogP contribution in [0.2, 0.25) is 0 Å². The van der Waals surface area contributed by atoms with Gasteiger partial charge < -0.3 is 10.6 Å². The minimum Gasteiger partial charge on any atom is -0.389 e. The van der Waals surface area contributed by atoms with E-state index in [1.54, 1.807) is 0 Å². The van der Waals surface area contributed by atoms with Gasteiger partial charge in [0, 0.05) is 24.5 Å². The average Bonchev–Trinajstić information content (AvgIpc) is 2.38. The van der Waals surface area contributed by atoms with E-state index in [1.807, 2.05) is 55.4 Å². The van der Waals surface area contributed by atoms with Gasteiger partial charge in [0.25, 0.3) is 0 Å². The smallest absolute Gasteiger partial charge is 0.147 e. The molecule has 19 heavy (non-hydrogen) atoms. The van der Waals surface area contributed by atoms with Crippen LogP contribution in [0.5, 0.6) is 0 Å². The molecule has 3 nitrogen and oxygen atoms in total. The summed E-state index contributed by atoms with van der Waals surface area (Å²) in [7, 11) is 1.96.